The normalized spacial score (nSPS) is 20.4. The topological polar surface area (TPSA) is 62.4 Å². The smallest absolute Gasteiger partial charge is 0.0564 e. The number of rotatable bonds is 3. The quantitative estimate of drug-likeness (QED) is 0.828. The molecule has 4 nitrogen and oxygen atoms in total. The predicted octanol–water partition coefficient (Wildman–Crippen LogP) is 1.26. The van der Waals surface area contributed by atoms with Crippen LogP contribution >= 0.6 is 0 Å². The second-order valence-corrected chi connectivity index (χ2v) is 4.93. The molecule has 0 saturated carbocycles. The van der Waals surface area contributed by atoms with Crippen molar-refractivity contribution in [1.29, 1.82) is 0 Å². The van der Waals surface area contributed by atoms with Gasteiger partial charge < -0.3 is 10.8 Å². The van der Waals surface area contributed by atoms with E-state index < -0.39 is 0 Å². The summed E-state index contributed by atoms with van der Waals surface area (Å²) in [7, 11) is 0. The van der Waals surface area contributed by atoms with Crippen LogP contribution in [0.5, 0.6) is 0 Å². The van der Waals surface area contributed by atoms with Crippen molar-refractivity contribution in [2.45, 2.75) is 32.4 Å². The Morgan fingerprint density at radius 2 is 2.24 bits per heavy atom. The van der Waals surface area contributed by atoms with Gasteiger partial charge in [-0.25, -0.2) is 0 Å². The van der Waals surface area contributed by atoms with Gasteiger partial charge in [0.15, 0.2) is 0 Å². The van der Waals surface area contributed by atoms with Crippen LogP contribution in [0.15, 0.2) is 18.3 Å². The van der Waals surface area contributed by atoms with Crippen LogP contribution in [0.4, 0.5) is 5.69 Å². The van der Waals surface area contributed by atoms with Crippen molar-refractivity contribution in [3.05, 3.63) is 24.0 Å². The summed E-state index contributed by atoms with van der Waals surface area (Å²) < 4.78 is 0. The first-order valence-corrected chi connectivity index (χ1v) is 6.26. The van der Waals surface area contributed by atoms with E-state index in [1.54, 1.807) is 6.20 Å². The molecule has 0 spiro atoms. The Labute approximate surface area is 102 Å². The molecule has 1 aromatic heterocycles. The first-order valence-electron chi connectivity index (χ1n) is 6.26. The zero-order chi connectivity index (χ0) is 12.3. The molecule has 4 heteroatoms. The SMILES string of the molecule is CC(O)C1CCN(Cc2cc(N)ccn2)CC1. The van der Waals surface area contributed by atoms with E-state index in [1.807, 2.05) is 19.1 Å². The van der Waals surface area contributed by atoms with E-state index in [2.05, 4.69) is 9.88 Å². The van der Waals surface area contributed by atoms with Crippen LogP contribution in [-0.4, -0.2) is 34.2 Å². The van der Waals surface area contributed by atoms with Crippen molar-refractivity contribution >= 4 is 5.69 Å². The van der Waals surface area contributed by atoms with Gasteiger partial charge in [-0.15, -0.1) is 0 Å². The van der Waals surface area contributed by atoms with Crippen LogP contribution in [0.1, 0.15) is 25.5 Å². The lowest BCUT2D eigenvalue weighted by Gasteiger charge is -2.32. The Balaban J connectivity index is 1.86. The Morgan fingerprint density at radius 3 is 2.82 bits per heavy atom. The molecule has 2 rings (SSSR count). The number of anilines is 1. The van der Waals surface area contributed by atoms with Gasteiger partial charge in [-0.3, -0.25) is 9.88 Å². The highest BCUT2D eigenvalue weighted by atomic mass is 16.3. The van der Waals surface area contributed by atoms with Gasteiger partial charge >= 0.3 is 0 Å². The monoisotopic (exact) mass is 235 g/mol. The minimum absolute atomic E-state index is 0.178. The van der Waals surface area contributed by atoms with E-state index >= 15 is 0 Å². The van der Waals surface area contributed by atoms with E-state index in [9.17, 15) is 5.11 Å². The molecule has 1 atom stereocenters. The molecule has 1 saturated heterocycles. The molecule has 1 unspecified atom stereocenters. The van der Waals surface area contributed by atoms with Gasteiger partial charge in [0.05, 0.1) is 11.8 Å². The summed E-state index contributed by atoms with van der Waals surface area (Å²) in [6.07, 6.45) is 3.72. The van der Waals surface area contributed by atoms with Crippen LogP contribution in [0, 0.1) is 5.92 Å². The van der Waals surface area contributed by atoms with E-state index in [4.69, 9.17) is 5.73 Å². The molecule has 0 amide bonds. The Hall–Kier alpha value is -1.13. The lowest BCUT2D eigenvalue weighted by atomic mass is 9.92. The van der Waals surface area contributed by atoms with Gasteiger partial charge in [-0.05, 0) is 50.9 Å². The molecule has 0 bridgehead atoms. The third-order valence-electron chi connectivity index (χ3n) is 3.54. The second kappa shape index (κ2) is 5.47. The van der Waals surface area contributed by atoms with E-state index in [1.165, 1.54) is 0 Å². The van der Waals surface area contributed by atoms with E-state index in [0.29, 0.717) is 5.92 Å². The van der Waals surface area contributed by atoms with E-state index in [0.717, 1.165) is 43.9 Å². The van der Waals surface area contributed by atoms with Crippen LogP contribution in [0.3, 0.4) is 0 Å². The van der Waals surface area contributed by atoms with Crippen molar-refractivity contribution in [3.63, 3.8) is 0 Å². The fourth-order valence-electron chi connectivity index (χ4n) is 2.41. The number of aliphatic hydroxyl groups excluding tert-OH is 1. The lowest BCUT2D eigenvalue weighted by molar-refractivity contribution is 0.0691. The average Bonchev–Trinajstić information content (AvgIpc) is 2.29. The molecule has 1 fully saturated rings. The number of aliphatic hydroxyl groups is 1. The number of nitrogens with zero attached hydrogens (tertiary/aromatic N) is 2. The number of aromatic nitrogens is 1. The Morgan fingerprint density at radius 1 is 1.53 bits per heavy atom. The number of pyridine rings is 1. The number of hydrogen-bond donors (Lipinski definition) is 2. The molecular formula is C13H21N3O. The van der Waals surface area contributed by atoms with Gasteiger partial charge in [0.25, 0.3) is 0 Å². The lowest BCUT2D eigenvalue weighted by Crippen LogP contribution is -2.36. The Bertz CT molecular complexity index is 359. The standard InChI is InChI=1S/C13H21N3O/c1-10(17)11-3-6-16(7-4-11)9-13-8-12(14)2-5-15-13/h2,5,8,10-11,17H,3-4,6-7,9H2,1H3,(H2,14,15). The highest BCUT2D eigenvalue weighted by Crippen LogP contribution is 2.21. The molecule has 0 aliphatic carbocycles. The maximum Gasteiger partial charge on any atom is 0.0564 e. The fraction of sp³-hybridized carbons (Fsp3) is 0.615. The van der Waals surface area contributed by atoms with Crippen LogP contribution in [0.2, 0.25) is 0 Å². The first kappa shape index (κ1) is 12.3. The highest BCUT2D eigenvalue weighted by molar-refractivity contribution is 5.37. The van der Waals surface area contributed by atoms with Crippen molar-refractivity contribution in [2.75, 3.05) is 18.8 Å². The number of piperidine rings is 1. The molecule has 0 radical (unpaired) electrons. The van der Waals surface area contributed by atoms with Crippen LogP contribution in [0.25, 0.3) is 0 Å². The molecule has 0 aromatic carbocycles. The van der Waals surface area contributed by atoms with Gasteiger partial charge in [-0.2, -0.15) is 0 Å². The molecule has 94 valence electrons. The largest absolute Gasteiger partial charge is 0.399 e. The molecule has 17 heavy (non-hydrogen) atoms. The molecule has 1 aliphatic heterocycles. The summed E-state index contributed by atoms with van der Waals surface area (Å²) in [5.74, 6) is 0.458. The van der Waals surface area contributed by atoms with Crippen molar-refractivity contribution < 1.29 is 5.11 Å². The highest BCUT2D eigenvalue weighted by Gasteiger charge is 2.22. The van der Waals surface area contributed by atoms with Gasteiger partial charge in [0.1, 0.15) is 0 Å². The zero-order valence-corrected chi connectivity index (χ0v) is 10.3. The molecular weight excluding hydrogens is 214 g/mol. The molecule has 1 aliphatic rings. The number of nitrogen functional groups attached to an aromatic ring is 1. The summed E-state index contributed by atoms with van der Waals surface area (Å²) in [6, 6.07) is 3.74. The summed E-state index contributed by atoms with van der Waals surface area (Å²) in [5.41, 5.74) is 7.53. The maximum atomic E-state index is 9.54. The third-order valence-corrected chi connectivity index (χ3v) is 3.54. The Kier molecular flexibility index (Phi) is 3.97. The summed E-state index contributed by atoms with van der Waals surface area (Å²) in [4.78, 5) is 6.69. The van der Waals surface area contributed by atoms with Crippen LogP contribution in [-0.2, 0) is 6.54 Å². The zero-order valence-electron chi connectivity index (χ0n) is 10.3. The fourth-order valence-corrected chi connectivity index (χ4v) is 2.41. The number of hydrogen-bond acceptors (Lipinski definition) is 4. The summed E-state index contributed by atoms with van der Waals surface area (Å²) in [5, 5.41) is 9.54. The molecule has 3 N–H and O–H groups in total. The number of nitrogens with two attached hydrogens (primary N) is 1. The van der Waals surface area contributed by atoms with Crippen molar-refractivity contribution in [3.8, 4) is 0 Å². The number of likely N-dealkylation sites (tertiary alicyclic amines) is 1. The minimum atomic E-state index is -0.178. The first-order chi connectivity index (χ1) is 8.15. The minimum Gasteiger partial charge on any atom is -0.399 e. The molecule has 1 aromatic rings. The average molecular weight is 235 g/mol. The molecule has 2 heterocycles. The van der Waals surface area contributed by atoms with Gasteiger partial charge in [0.2, 0.25) is 0 Å². The summed E-state index contributed by atoms with van der Waals surface area (Å²) >= 11 is 0. The second-order valence-electron chi connectivity index (χ2n) is 4.93. The van der Waals surface area contributed by atoms with Gasteiger partial charge in [0, 0.05) is 18.4 Å². The maximum absolute atomic E-state index is 9.54. The van der Waals surface area contributed by atoms with E-state index in [-0.39, 0.29) is 6.10 Å². The van der Waals surface area contributed by atoms with Crippen molar-refractivity contribution in [1.82, 2.24) is 9.88 Å². The van der Waals surface area contributed by atoms with Crippen molar-refractivity contribution in [2.24, 2.45) is 5.92 Å². The summed E-state index contributed by atoms with van der Waals surface area (Å²) in [6.45, 7) is 4.81. The third kappa shape index (κ3) is 3.41. The van der Waals surface area contributed by atoms with Gasteiger partial charge in [-0.1, -0.05) is 0 Å². The van der Waals surface area contributed by atoms with Crippen LogP contribution < -0.4 is 5.73 Å². The predicted molar refractivity (Wildman–Crippen MR) is 68.3 cm³/mol.